The molecule has 0 aliphatic heterocycles. The molecule has 0 saturated heterocycles. The number of carbonyl (C=O) groups is 1. The van der Waals surface area contributed by atoms with E-state index in [0.717, 1.165) is 9.87 Å². The lowest BCUT2D eigenvalue weighted by molar-refractivity contribution is -0.116. The van der Waals surface area contributed by atoms with Gasteiger partial charge in [-0.05, 0) is 48.9 Å². The van der Waals surface area contributed by atoms with Crippen LogP contribution in [0.2, 0.25) is 0 Å². The number of para-hydroxylation sites is 2. The molecular formula is C24H26N2O5S. The third kappa shape index (κ3) is 5.87. The van der Waals surface area contributed by atoms with Gasteiger partial charge in [-0.15, -0.1) is 0 Å². The zero-order chi connectivity index (χ0) is 23.0. The topological polar surface area (TPSA) is 84.9 Å². The number of rotatable bonds is 10. The van der Waals surface area contributed by atoms with Crippen LogP contribution in [0.5, 0.6) is 11.5 Å². The summed E-state index contributed by atoms with van der Waals surface area (Å²) >= 11 is 0. The van der Waals surface area contributed by atoms with Crippen LogP contribution in [0.1, 0.15) is 12.5 Å². The van der Waals surface area contributed by atoms with Crippen molar-refractivity contribution in [3.63, 3.8) is 0 Å². The highest BCUT2D eigenvalue weighted by molar-refractivity contribution is 7.89. The number of benzene rings is 3. The van der Waals surface area contributed by atoms with Crippen LogP contribution in [0.15, 0.2) is 83.8 Å². The van der Waals surface area contributed by atoms with Crippen molar-refractivity contribution in [1.82, 2.24) is 4.31 Å². The lowest BCUT2D eigenvalue weighted by atomic mass is 10.2. The molecule has 3 rings (SSSR count). The fourth-order valence-electron chi connectivity index (χ4n) is 3.11. The van der Waals surface area contributed by atoms with Crippen LogP contribution in [0.25, 0.3) is 0 Å². The molecule has 3 aromatic carbocycles. The van der Waals surface area contributed by atoms with Crippen molar-refractivity contribution in [2.75, 3.05) is 25.6 Å². The van der Waals surface area contributed by atoms with Crippen molar-refractivity contribution < 1.29 is 22.7 Å². The Morgan fingerprint density at radius 2 is 1.59 bits per heavy atom. The van der Waals surface area contributed by atoms with Gasteiger partial charge in [0.05, 0.1) is 30.8 Å². The molecule has 0 bridgehead atoms. The van der Waals surface area contributed by atoms with Crippen LogP contribution >= 0.6 is 0 Å². The van der Waals surface area contributed by atoms with E-state index in [1.165, 1.54) is 19.2 Å². The normalized spacial score (nSPS) is 11.2. The average molecular weight is 455 g/mol. The SMILES string of the molecule is CCOc1ccccc1NC(=O)CN(Cc1ccccc1)S(=O)(=O)c1ccc(OC)cc1. The van der Waals surface area contributed by atoms with E-state index in [9.17, 15) is 13.2 Å². The summed E-state index contributed by atoms with van der Waals surface area (Å²) in [5.74, 6) is 0.602. The Morgan fingerprint density at radius 3 is 2.25 bits per heavy atom. The Morgan fingerprint density at radius 1 is 0.938 bits per heavy atom. The third-order valence-electron chi connectivity index (χ3n) is 4.68. The number of methoxy groups -OCH3 is 1. The van der Waals surface area contributed by atoms with Gasteiger partial charge >= 0.3 is 0 Å². The van der Waals surface area contributed by atoms with E-state index in [4.69, 9.17) is 9.47 Å². The van der Waals surface area contributed by atoms with Gasteiger partial charge in [0.25, 0.3) is 0 Å². The first kappa shape index (κ1) is 23.3. The van der Waals surface area contributed by atoms with E-state index in [-0.39, 0.29) is 18.0 Å². The molecule has 1 amide bonds. The van der Waals surface area contributed by atoms with Gasteiger partial charge in [-0.3, -0.25) is 4.79 Å². The number of amides is 1. The Hall–Kier alpha value is -3.36. The number of ether oxygens (including phenoxy) is 2. The van der Waals surface area contributed by atoms with E-state index in [0.29, 0.717) is 23.8 Å². The highest BCUT2D eigenvalue weighted by Crippen LogP contribution is 2.25. The first-order valence-corrected chi connectivity index (χ1v) is 11.6. The van der Waals surface area contributed by atoms with Crippen LogP contribution in [0, 0.1) is 0 Å². The summed E-state index contributed by atoms with van der Waals surface area (Å²) < 4.78 is 38.6. The minimum Gasteiger partial charge on any atom is -0.497 e. The first-order valence-electron chi connectivity index (χ1n) is 10.1. The second-order valence-corrected chi connectivity index (χ2v) is 8.85. The highest BCUT2D eigenvalue weighted by Gasteiger charge is 2.27. The standard InChI is InChI=1S/C24H26N2O5S/c1-3-31-23-12-8-7-11-22(23)25-24(27)18-26(17-19-9-5-4-6-10-19)32(28,29)21-15-13-20(30-2)14-16-21/h4-16H,3,17-18H2,1-2H3,(H,25,27). The fraction of sp³-hybridized carbons (Fsp3) is 0.208. The lowest BCUT2D eigenvalue weighted by Crippen LogP contribution is -2.37. The summed E-state index contributed by atoms with van der Waals surface area (Å²) in [5.41, 5.74) is 1.26. The lowest BCUT2D eigenvalue weighted by Gasteiger charge is -2.22. The molecule has 8 heteroatoms. The molecule has 0 radical (unpaired) electrons. The van der Waals surface area contributed by atoms with E-state index in [1.54, 1.807) is 36.4 Å². The van der Waals surface area contributed by atoms with E-state index >= 15 is 0 Å². The summed E-state index contributed by atoms with van der Waals surface area (Å²) in [6, 6.07) is 22.3. The summed E-state index contributed by atoms with van der Waals surface area (Å²) in [4.78, 5) is 12.9. The zero-order valence-electron chi connectivity index (χ0n) is 18.0. The quantitative estimate of drug-likeness (QED) is 0.502. The molecule has 0 fully saturated rings. The predicted molar refractivity (Wildman–Crippen MR) is 123 cm³/mol. The molecule has 0 unspecified atom stereocenters. The minimum atomic E-state index is -3.95. The van der Waals surface area contributed by atoms with Gasteiger partial charge < -0.3 is 14.8 Å². The van der Waals surface area contributed by atoms with Gasteiger partial charge in [-0.25, -0.2) is 8.42 Å². The number of hydrogen-bond acceptors (Lipinski definition) is 5. The van der Waals surface area contributed by atoms with Crippen molar-refractivity contribution >= 4 is 21.6 Å². The van der Waals surface area contributed by atoms with Crippen LogP contribution in [0.3, 0.4) is 0 Å². The maximum absolute atomic E-state index is 13.4. The maximum atomic E-state index is 13.4. The van der Waals surface area contributed by atoms with Crippen molar-refractivity contribution in [3.8, 4) is 11.5 Å². The number of anilines is 1. The molecule has 32 heavy (non-hydrogen) atoms. The molecule has 0 spiro atoms. The smallest absolute Gasteiger partial charge is 0.243 e. The minimum absolute atomic E-state index is 0.0513. The van der Waals surface area contributed by atoms with Crippen LogP contribution in [-0.4, -0.2) is 38.9 Å². The molecule has 7 nitrogen and oxygen atoms in total. The number of nitrogens with one attached hydrogen (secondary N) is 1. The highest BCUT2D eigenvalue weighted by atomic mass is 32.2. The van der Waals surface area contributed by atoms with Gasteiger partial charge in [-0.2, -0.15) is 4.31 Å². The van der Waals surface area contributed by atoms with Gasteiger partial charge in [0.15, 0.2) is 0 Å². The molecule has 168 valence electrons. The van der Waals surface area contributed by atoms with Crippen LogP contribution in [-0.2, 0) is 21.4 Å². The molecule has 0 heterocycles. The van der Waals surface area contributed by atoms with Crippen molar-refractivity contribution in [2.24, 2.45) is 0 Å². The van der Waals surface area contributed by atoms with Crippen LogP contribution < -0.4 is 14.8 Å². The second-order valence-electron chi connectivity index (χ2n) is 6.91. The Kier molecular flexibility index (Phi) is 7.86. The largest absolute Gasteiger partial charge is 0.497 e. The van der Waals surface area contributed by atoms with Crippen molar-refractivity contribution in [3.05, 3.63) is 84.4 Å². The third-order valence-corrected chi connectivity index (χ3v) is 6.49. The average Bonchev–Trinajstić information content (AvgIpc) is 2.81. The molecule has 0 atom stereocenters. The second kappa shape index (κ2) is 10.8. The van der Waals surface area contributed by atoms with Gasteiger partial charge in [0.1, 0.15) is 11.5 Å². The molecule has 0 aliphatic rings. The first-order chi connectivity index (χ1) is 15.4. The summed E-state index contributed by atoms with van der Waals surface area (Å²) in [5, 5.41) is 2.76. The maximum Gasteiger partial charge on any atom is 0.243 e. The van der Waals surface area contributed by atoms with Gasteiger partial charge in [0.2, 0.25) is 15.9 Å². The number of nitrogens with zero attached hydrogens (tertiary/aromatic N) is 1. The molecule has 0 aliphatic carbocycles. The van der Waals surface area contributed by atoms with E-state index in [1.807, 2.05) is 37.3 Å². The zero-order valence-corrected chi connectivity index (χ0v) is 18.8. The number of hydrogen-bond donors (Lipinski definition) is 1. The van der Waals surface area contributed by atoms with Crippen molar-refractivity contribution in [1.29, 1.82) is 0 Å². The van der Waals surface area contributed by atoms with Crippen LogP contribution in [0.4, 0.5) is 5.69 Å². The van der Waals surface area contributed by atoms with E-state index in [2.05, 4.69) is 5.32 Å². The monoisotopic (exact) mass is 454 g/mol. The molecule has 0 saturated carbocycles. The number of carbonyl (C=O) groups excluding carboxylic acids is 1. The fourth-order valence-corrected chi connectivity index (χ4v) is 4.50. The van der Waals surface area contributed by atoms with Gasteiger partial charge in [0, 0.05) is 6.54 Å². The van der Waals surface area contributed by atoms with Gasteiger partial charge in [-0.1, -0.05) is 42.5 Å². The van der Waals surface area contributed by atoms with Crippen molar-refractivity contribution in [2.45, 2.75) is 18.4 Å². The molecule has 3 aromatic rings. The summed E-state index contributed by atoms with van der Waals surface area (Å²) in [6.45, 7) is 1.99. The summed E-state index contributed by atoms with van der Waals surface area (Å²) in [6.07, 6.45) is 0. The Labute approximate surface area is 188 Å². The molecular weight excluding hydrogens is 428 g/mol. The Bertz CT molecular complexity index is 1130. The van der Waals surface area contributed by atoms with E-state index < -0.39 is 15.9 Å². The molecule has 1 N–H and O–H groups in total. The Balaban J connectivity index is 1.86. The molecule has 0 aromatic heterocycles. The summed E-state index contributed by atoms with van der Waals surface area (Å²) in [7, 11) is -2.44. The number of sulfonamides is 1. The predicted octanol–water partition coefficient (Wildman–Crippen LogP) is 3.92.